The van der Waals surface area contributed by atoms with Gasteiger partial charge in [-0.3, -0.25) is 10.00 Å². The van der Waals surface area contributed by atoms with Crippen molar-refractivity contribution in [1.29, 1.82) is 5.41 Å². The molecule has 4 aliphatic rings. The van der Waals surface area contributed by atoms with Crippen LogP contribution < -0.4 is 10.2 Å². The van der Waals surface area contributed by atoms with E-state index in [1.807, 2.05) is 19.3 Å². The molecule has 3 fully saturated rings. The first-order chi connectivity index (χ1) is 14.9. The highest BCUT2D eigenvalue weighted by Gasteiger charge is 2.46. The molecule has 2 bridgehead atoms. The maximum atomic E-state index is 7.98. The summed E-state index contributed by atoms with van der Waals surface area (Å²) in [5.74, 6) is 0.906. The average Bonchev–Trinajstić information content (AvgIpc) is 3.08. The van der Waals surface area contributed by atoms with Crippen LogP contribution in [0.3, 0.4) is 0 Å². The summed E-state index contributed by atoms with van der Waals surface area (Å²) in [5.41, 5.74) is 8.18. The lowest BCUT2D eigenvalue weighted by atomic mass is 9.54. The third-order valence-electron chi connectivity index (χ3n) is 8.55. The Hall–Kier alpha value is -2.21. The number of quaternary nitrogens is 1. The average molecular weight is 422 g/mol. The van der Waals surface area contributed by atoms with Crippen LogP contribution in [0, 0.1) is 30.1 Å². The zero-order valence-corrected chi connectivity index (χ0v) is 19.6. The van der Waals surface area contributed by atoms with Gasteiger partial charge in [0.2, 0.25) is 5.82 Å². The Kier molecular flexibility index (Phi) is 4.96. The van der Waals surface area contributed by atoms with Crippen molar-refractivity contribution >= 4 is 17.7 Å². The second-order valence-electron chi connectivity index (χ2n) is 10.7. The molecular formula is C25H37N6+. The van der Waals surface area contributed by atoms with Gasteiger partial charge in [0.1, 0.15) is 0 Å². The molecule has 0 atom stereocenters. The van der Waals surface area contributed by atoms with Gasteiger partial charge in [-0.25, -0.2) is 4.98 Å². The van der Waals surface area contributed by atoms with Crippen molar-refractivity contribution in [2.45, 2.75) is 78.8 Å². The van der Waals surface area contributed by atoms with E-state index in [0.717, 1.165) is 48.8 Å². The smallest absolute Gasteiger partial charge is 0.235 e. The minimum atomic E-state index is 0.475. The molecular weight excluding hydrogens is 384 g/mol. The predicted molar refractivity (Wildman–Crippen MR) is 124 cm³/mol. The van der Waals surface area contributed by atoms with Crippen molar-refractivity contribution in [3.63, 3.8) is 0 Å². The standard InChI is InChI=1S/C25H36N6/c1-17-13-22(19(14-26)23(27-4)28-17)30-12-5-21-20(15-30)18(2)29-31(21)16-25-9-6-24(3,7-10-25)8-11-25/h13-14,26H,5-12,15-16H2,1-4H3,(H,27,28)/p+1. The summed E-state index contributed by atoms with van der Waals surface area (Å²) < 4.78 is 2.39. The lowest BCUT2D eigenvalue weighted by Gasteiger charge is -2.52. The SMILES string of the molecule is C[NH2+]c1nc(C)cc(N2CCc3c(c(C)nn3CC34CCC(C)(CC3)CC4)C2)c1C=N. The Morgan fingerprint density at radius 2 is 1.87 bits per heavy atom. The molecule has 31 heavy (non-hydrogen) atoms. The maximum Gasteiger partial charge on any atom is 0.235 e. The van der Waals surface area contributed by atoms with Crippen LogP contribution in [-0.2, 0) is 19.5 Å². The quantitative estimate of drug-likeness (QED) is 0.724. The molecule has 2 aromatic rings. The number of nitrogens with two attached hydrogens (primary N) is 1. The molecule has 6 nitrogen and oxygen atoms in total. The van der Waals surface area contributed by atoms with Crippen LogP contribution in [0.5, 0.6) is 0 Å². The highest BCUT2D eigenvalue weighted by atomic mass is 15.3. The Labute approximate surface area is 185 Å². The number of nitrogens with one attached hydrogen (secondary N) is 1. The number of hydrogen-bond acceptors (Lipinski definition) is 4. The molecule has 166 valence electrons. The molecule has 0 saturated heterocycles. The number of aromatic nitrogens is 3. The lowest BCUT2D eigenvalue weighted by Crippen LogP contribution is -2.74. The summed E-state index contributed by atoms with van der Waals surface area (Å²) >= 11 is 0. The van der Waals surface area contributed by atoms with E-state index < -0.39 is 0 Å². The lowest BCUT2D eigenvalue weighted by molar-refractivity contribution is -0.543. The minimum Gasteiger partial charge on any atom is -0.366 e. The van der Waals surface area contributed by atoms with Gasteiger partial charge < -0.3 is 10.3 Å². The zero-order chi connectivity index (χ0) is 21.8. The molecule has 0 unspecified atom stereocenters. The first-order valence-corrected chi connectivity index (χ1v) is 12.0. The van der Waals surface area contributed by atoms with E-state index in [-0.39, 0.29) is 0 Å². The number of pyridine rings is 1. The van der Waals surface area contributed by atoms with E-state index >= 15 is 0 Å². The zero-order valence-electron chi connectivity index (χ0n) is 19.6. The third-order valence-corrected chi connectivity index (χ3v) is 8.55. The highest BCUT2D eigenvalue weighted by molar-refractivity contribution is 5.90. The molecule has 3 heterocycles. The molecule has 3 aliphatic carbocycles. The van der Waals surface area contributed by atoms with Crippen molar-refractivity contribution in [3.8, 4) is 0 Å². The van der Waals surface area contributed by atoms with E-state index in [9.17, 15) is 0 Å². The fraction of sp³-hybridized carbons (Fsp3) is 0.640. The van der Waals surface area contributed by atoms with Crippen molar-refractivity contribution < 1.29 is 5.32 Å². The molecule has 6 heteroatoms. The van der Waals surface area contributed by atoms with Crippen molar-refractivity contribution in [2.24, 2.45) is 10.8 Å². The Bertz CT molecular complexity index is 995. The fourth-order valence-corrected chi connectivity index (χ4v) is 6.32. The van der Waals surface area contributed by atoms with Gasteiger partial charge in [-0.05, 0) is 69.3 Å². The number of anilines is 1. The van der Waals surface area contributed by atoms with Gasteiger partial charge in [-0.15, -0.1) is 0 Å². The van der Waals surface area contributed by atoms with E-state index in [0.29, 0.717) is 10.8 Å². The van der Waals surface area contributed by atoms with Crippen LogP contribution in [0.4, 0.5) is 11.5 Å². The second-order valence-corrected chi connectivity index (χ2v) is 10.7. The number of fused-ring (bicyclic) bond motifs is 4. The van der Waals surface area contributed by atoms with Crippen molar-refractivity contribution in [1.82, 2.24) is 14.8 Å². The normalized spacial score (nSPS) is 27.4. The van der Waals surface area contributed by atoms with Crippen LogP contribution in [0.15, 0.2) is 6.07 Å². The third kappa shape index (κ3) is 3.49. The van der Waals surface area contributed by atoms with Gasteiger partial charge in [0.15, 0.2) is 0 Å². The Morgan fingerprint density at radius 3 is 2.52 bits per heavy atom. The van der Waals surface area contributed by atoms with Crippen LogP contribution in [0.25, 0.3) is 0 Å². The fourth-order valence-electron chi connectivity index (χ4n) is 6.32. The molecule has 0 radical (unpaired) electrons. The van der Waals surface area contributed by atoms with Gasteiger partial charge >= 0.3 is 0 Å². The molecule has 0 spiro atoms. The molecule has 0 aromatic carbocycles. The summed E-state index contributed by atoms with van der Waals surface area (Å²) in [5, 5.41) is 15.1. The summed E-state index contributed by atoms with van der Waals surface area (Å²) in [6, 6.07) is 2.14. The first kappa shape index (κ1) is 20.7. The highest BCUT2D eigenvalue weighted by Crippen LogP contribution is 2.57. The Morgan fingerprint density at radius 1 is 1.16 bits per heavy atom. The molecule has 6 rings (SSSR count). The maximum absolute atomic E-state index is 7.98. The number of hydrogen-bond donors (Lipinski definition) is 2. The van der Waals surface area contributed by atoms with Crippen LogP contribution in [0.1, 0.15) is 73.7 Å². The number of aryl methyl sites for hydroxylation is 2. The van der Waals surface area contributed by atoms with Crippen molar-refractivity contribution in [3.05, 3.63) is 34.3 Å². The summed E-state index contributed by atoms with van der Waals surface area (Å²) in [4.78, 5) is 7.05. The van der Waals surface area contributed by atoms with Gasteiger partial charge in [-0.2, -0.15) is 5.10 Å². The summed E-state index contributed by atoms with van der Waals surface area (Å²) in [6.07, 6.45) is 10.8. The molecule has 1 aliphatic heterocycles. The van der Waals surface area contributed by atoms with E-state index in [1.54, 1.807) is 0 Å². The van der Waals surface area contributed by atoms with E-state index in [2.05, 4.69) is 34.5 Å². The first-order valence-electron chi connectivity index (χ1n) is 12.0. The predicted octanol–water partition coefficient (Wildman–Crippen LogP) is 3.64. The largest absolute Gasteiger partial charge is 0.366 e. The summed E-state index contributed by atoms with van der Waals surface area (Å²) in [7, 11) is 2.00. The van der Waals surface area contributed by atoms with Gasteiger partial charge in [0, 0.05) is 49.2 Å². The molecule has 0 amide bonds. The van der Waals surface area contributed by atoms with Crippen LogP contribution in [0.2, 0.25) is 0 Å². The van der Waals surface area contributed by atoms with Crippen LogP contribution >= 0.6 is 0 Å². The van der Waals surface area contributed by atoms with Crippen molar-refractivity contribution in [2.75, 3.05) is 18.5 Å². The number of nitrogens with zero attached hydrogens (tertiary/aromatic N) is 4. The van der Waals surface area contributed by atoms with Gasteiger partial charge in [-0.1, -0.05) is 6.92 Å². The van der Waals surface area contributed by atoms with Gasteiger partial charge in [0.25, 0.3) is 0 Å². The Balaban J connectivity index is 1.42. The molecule has 3 saturated carbocycles. The number of rotatable bonds is 5. The molecule has 2 aromatic heterocycles. The minimum absolute atomic E-state index is 0.475. The monoisotopic (exact) mass is 421 g/mol. The molecule has 3 N–H and O–H groups in total. The van der Waals surface area contributed by atoms with Gasteiger partial charge in [0.05, 0.1) is 24.0 Å². The van der Waals surface area contributed by atoms with Crippen LogP contribution in [-0.4, -0.2) is 34.6 Å². The second kappa shape index (κ2) is 7.44. The topological polar surface area (TPSA) is 74.4 Å². The van der Waals surface area contributed by atoms with E-state index in [4.69, 9.17) is 10.5 Å². The van der Waals surface area contributed by atoms with E-state index in [1.165, 1.54) is 61.7 Å². The summed E-state index contributed by atoms with van der Waals surface area (Å²) in [6.45, 7) is 9.66.